The summed E-state index contributed by atoms with van der Waals surface area (Å²) in [5, 5.41) is 8.65. The molecule has 0 aromatic heterocycles. The molecule has 1 aliphatic rings. The van der Waals surface area contributed by atoms with Crippen LogP contribution in [0.3, 0.4) is 0 Å². The summed E-state index contributed by atoms with van der Waals surface area (Å²) >= 11 is 1.58. The molecule has 5 nitrogen and oxygen atoms in total. The van der Waals surface area contributed by atoms with Crippen molar-refractivity contribution in [2.24, 2.45) is 5.92 Å². The minimum atomic E-state index is -3.24. The van der Waals surface area contributed by atoms with Crippen molar-refractivity contribution in [3.8, 4) is 0 Å². The van der Waals surface area contributed by atoms with Crippen molar-refractivity contribution in [3.05, 3.63) is 0 Å². The molecule has 7 heteroatoms. The number of thioether (sulfide) groups is 1. The molecule has 0 amide bonds. The third-order valence-corrected chi connectivity index (χ3v) is 6.49. The number of hydrogen-bond acceptors (Lipinski definition) is 5. The maximum absolute atomic E-state index is 12.1. The number of aliphatic carboxylic acids is 1. The summed E-state index contributed by atoms with van der Waals surface area (Å²) in [6, 6.07) is -0.725. The van der Waals surface area contributed by atoms with Gasteiger partial charge in [0.2, 0.25) is 0 Å². The molecule has 1 N–H and O–H groups in total. The minimum absolute atomic E-state index is 0.0547. The fraction of sp³-hybridized carbons (Fsp3) is 0.909. The summed E-state index contributed by atoms with van der Waals surface area (Å²) in [5.74, 6) is 0.256. The highest BCUT2D eigenvalue weighted by molar-refractivity contribution is 8.01. The van der Waals surface area contributed by atoms with Crippen LogP contribution in [0.15, 0.2) is 0 Å². The van der Waals surface area contributed by atoms with E-state index in [-0.39, 0.29) is 11.7 Å². The van der Waals surface area contributed by atoms with Crippen LogP contribution in [0.5, 0.6) is 0 Å². The number of carbonyl (C=O) groups is 1. The Morgan fingerprint density at radius 2 is 2.11 bits per heavy atom. The highest BCUT2D eigenvalue weighted by atomic mass is 32.2. The van der Waals surface area contributed by atoms with E-state index in [4.69, 9.17) is 0 Å². The first-order valence-corrected chi connectivity index (χ1v) is 8.96. The number of sulfone groups is 1. The maximum atomic E-state index is 12.1. The first-order chi connectivity index (χ1) is 8.31. The summed E-state index contributed by atoms with van der Waals surface area (Å²) in [6.07, 6.45) is 0. The summed E-state index contributed by atoms with van der Waals surface area (Å²) in [6.45, 7) is 5.76. The zero-order chi connectivity index (χ0) is 13.9. The largest absolute Gasteiger partial charge is 0.480 e. The zero-order valence-corrected chi connectivity index (χ0v) is 12.6. The van der Waals surface area contributed by atoms with Gasteiger partial charge in [-0.15, -0.1) is 0 Å². The topological polar surface area (TPSA) is 74.7 Å². The van der Waals surface area contributed by atoms with Crippen LogP contribution >= 0.6 is 11.8 Å². The predicted molar refractivity (Wildman–Crippen MR) is 73.5 cm³/mol. The van der Waals surface area contributed by atoms with Gasteiger partial charge in [-0.05, 0) is 5.92 Å². The minimum Gasteiger partial charge on any atom is -0.480 e. The molecule has 0 aromatic rings. The van der Waals surface area contributed by atoms with E-state index in [2.05, 4.69) is 0 Å². The fourth-order valence-electron chi connectivity index (χ4n) is 2.22. The van der Waals surface area contributed by atoms with Crippen molar-refractivity contribution in [3.63, 3.8) is 0 Å². The Morgan fingerprint density at radius 3 is 2.56 bits per heavy atom. The lowest BCUT2D eigenvalue weighted by Crippen LogP contribution is -2.56. The summed E-state index contributed by atoms with van der Waals surface area (Å²) < 4.78 is 24.1. The molecule has 1 rings (SSSR count). The molecule has 0 bridgehead atoms. The van der Waals surface area contributed by atoms with Gasteiger partial charge >= 0.3 is 5.97 Å². The molecule has 106 valence electrons. The Bertz CT molecular complexity index is 394. The summed E-state index contributed by atoms with van der Waals surface area (Å²) in [4.78, 5) is 13.0. The lowest BCUT2D eigenvalue weighted by molar-refractivity contribution is -0.145. The second-order valence-electron chi connectivity index (χ2n) is 4.75. The van der Waals surface area contributed by atoms with Crippen molar-refractivity contribution < 1.29 is 18.3 Å². The van der Waals surface area contributed by atoms with Crippen molar-refractivity contribution >= 4 is 27.6 Å². The highest BCUT2D eigenvalue weighted by Crippen LogP contribution is 2.26. The van der Waals surface area contributed by atoms with Crippen LogP contribution in [-0.4, -0.2) is 59.6 Å². The molecule has 0 radical (unpaired) electrons. The molecule has 2 atom stereocenters. The highest BCUT2D eigenvalue weighted by Gasteiger charge is 2.40. The van der Waals surface area contributed by atoms with Crippen LogP contribution in [0.2, 0.25) is 0 Å². The number of rotatable bonds is 5. The molecule has 0 spiro atoms. The van der Waals surface area contributed by atoms with Crippen LogP contribution < -0.4 is 0 Å². The third kappa shape index (κ3) is 3.39. The monoisotopic (exact) mass is 295 g/mol. The molecule has 0 aromatic carbocycles. The third-order valence-electron chi connectivity index (χ3n) is 3.18. The van der Waals surface area contributed by atoms with E-state index in [1.54, 1.807) is 23.6 Å². The number of nitrogens with zero attached hydrogens (tertiary/aromatic N) is 1. The number of hydrogen-bond donors (Lipinski definition) is 1. The maximum Gasteiger partial charge on any atom is 0.321 e. The van der Waals surface area contributed by atoms with Crippen molar-refractivity contribution in [1.29, 1.82) is 0 Å². The van der Waals surface area contributed by atoms with Gasteiger partial charge in [0.15, 0.2) is 9.84 Å². The van der Waals surface area contributed by atoms with Gasteiger partial charge in [0.1, 0.15) is 11.4 Å². The van der Waals surface area contributed by atoms with Crippen LogP contribution in [0.25, 0.3) is 0 Å². The molecule has 1 heterocycles. The van der Waals surface area contributed by atoms with Crippen molar-refractivity contribution in [2.45, 2.75) is 32.2 Å². The van der Waals surface area contributed by atoms with E-state index in [0.29, 0.717) is 12.3 Å². The van der Waals surface area contributed by atoms with Gasteiger partial charge in [0.05, 0.1) is 0 Å². The molecule has 0 saturated carbocycles. The second-order valence-corrected chi connectivity index (χ2v) is 8.34. The zero-order valence-electron chi connectivity index (χ0n) is 11.0. The molecule has 1 fully saturated rings. The lowest BCUT2D eigenvalue weighted by atomic mass is 10.0. The Morgan fingerprint density at radius 1 is 1.50 bits per heavy atom. The van der Waals surface area contributed by atoms with Gasteiger partial charge in [0.25, 0.3) is 0 Å². The SMILES string of the molecule is CCS(=O)(=O)C1CSCCN1C(C(=O)O)C(C)C. The van der Waals surface area contributed by atoms with Crippen LogP contribution in [-0.2, 0) is 14.6 Å². The summed E-state index contributed by atoms with van der Waals surface area (Å²) in [7, 11) is -3.24. The Kier molecular flexibility index (Phi) is 5.48. The average Bonchev–Trinajstić information content (AvgIpc) is 2.28. The molecule has 2 unspecified atom stereocenters. The summed E-state index contributed by atoms with van der Waals surface area (Å²) in [5.41, 5.74) is 0. The quantitative estimate of drug-likeness (QED) is 0.812. The van der Waals surface area contributed by atoms with Crippen molar-refractivity contribution in [1.82, 2.24) is 4.90 Å². The van der Waals surface area contributed by atoms with Gasteiger partial charge in [-0.2, -0.15) is 11.8 Å². The molecule has 0 aliphatic carbocycles. The van der Waals surface area contributed by atoms with Gasteiger partial charge < -0.3 is 5.11 Å². The van der Waals surface area contributed by atoms with E-state index in [1.165, 1.54) is 0 Å². The Balaban J connectivity index is 3.05. The Hall–Kier alpha value is -0.270. The molecule has 18 heavy (non-hydrogen) atoms. The van der Waals surface area contributed by atoms with E-state index in [0.717, 1.165) is 5.75 Å². The van der Waals surface area contributed by atoms with Crippen LogP contribution in [0.4, 0.5) is 0 Å². The van der Waals surface area contributed by atoms with E-state index in [1.807, 2.05) is 13.8 Å². The van der Waals surface area contributed by atoms with Gasteiger partial charge in [-0.25, -0.2) is 8.42 Å². The van der Waals surface area contributed by atoms with E-state index in [9.17, 15) is 18.3 Å². The van der Waals surface area contributed by atoms with Crippen molar-refractivity contribution in [2.75, 3.05) is 23.8 Å². The smallest absolute Gasteiger partial charge is 0.321 e. The first kappa shape index (κ1) is 15.8. The van der Waals surface area contributed by atoms with E-state index < -0.39 is 27.2 Å². The average molecular weight is 295 g/mol. The molecular weight excluding hydrogens is 274 g/mol. The number of carboxylic acid groups (broad SMARTS) is 1. The van der Waals surface area contributed by atoms with Crippen LogP contribution in [0.1, 0.15) is 20.8 Å². The number of carboxylic acids is 1. The van der Waals surface area contributed by atoms with Crippen LogP contribution in [0, 0.1) is 5.92 Å². The Labute approximate surface area is 113 Å². The molecular formula is C11H21NO4S2. The predicted octanol–water partition coefficient (Wildman–Crippen LogP) is 0.905. The van der Waals surface area contributed by atoms with E-state index >= 15 is 0 Å². The second kappa shape index (κ2) is 6.25. The first-order valence-electron chi connectivity index (χ1n) is 6.09. The molecule has 1 aliphatic heterocycles. The standard InChI is InChI=1S/C11H21NO4S2/c1-4-18(15,16)9-7-17-6-5-12(9)10(8(2)3)11(13)14/h8-10H,4-7H2,1-3H3,(H,13,14). The van der Waals surface area contributed by atoms with Gasteiger partial charge in [-0.3, -0.25) is 9.69 Å². The molecule has 1 saturated heterocycles. The normalized spacial score (nSPS) is 24.1. The van der Waals surface area contributed by atoms with Gasteiger partial charge in [-0.1, -0.05) is 20.8 Å². The fourth-order valence-corrected chi connectivity index (χ4v) is 5.28. The lowest BCUT2D eigenvalue weighted by Gasteiger charge is -2.39. The van der Waals surface area contributed by atoms with Gasteiger partial charge in [0, 0.05) is 23.8 Å².